The van der Waals surface area contributed by atoms with Gasteiger partial charge < -0.3 is 14.4 Å². The molecule has 1 aliphatic rings. The van der Waals surface area contributed by atoms with Crippen molar-refractivity contribution in [2.45, 2.75) is 39.5 Å². The van der Waals surface area contributed by atoms with Crippen molar-refractivity contribution in [3.8, 4) is 5.75 Å². The van der Waals surface area contributed by atoms with Crippen LogP contribution in [0.15, 0.2) is 18.2 Å². The second-order valence-electron chi connectivity index (χ2n) is 5.30. The zero-order valence-corrected chi connectivity index (χ0v) is 13.1. The summed E-state index contributed by atoms with van der Waals surface area (Å²) in [6, 6.07) is 5.80. The van der Waals surface area contributed by atoms with Gasteiger partial charge in [-0.2, -0.15) is 0 Å². The summed E-state index contributed by atoms with van der Waals surface area (Å²) in [5, 5.41) is 0. The molecule has 0 N–H and O–H groups in total. The van der Waals surface area contributed by atoms with E-state index in [9.17, 15) is 4.79 Å². The molecule has 0 aromatic heterocycles. The van der Waals surface area contributed by atoms with Crippen LogP contribution in [0.25, 0.3) is 0 Å². The second kappa shape index (κ2) is 7.91. The van der Waals surface area contributed by atoms with E-state index in [-0.39, 0.29) is 5.97 Å². The van der Waals surface area contributed by atoms with Gasteiger partial charge in [0, 0.05) is 24.8 Å². The van der Waals surface area contributed by atoms with Gasteiger partial charge in [-0.3, -0.25) is 0 Å². The van der Waals surface area contributed by atoms with E-state index in [1.54, 1.807) is 0 Å². The molecule has 0 amide bonds. The van der Waals surface area contributed by atoms with Crippen LogP contribution in [0.2, 0.25) is 0 Å². The van der Waals surface area contributed by atoms with E-state index < -0.39 is 0 Å². The Kier molecular flexibility index (Phi) is 5.90. The molecular weight excluding hydrogens is 266 g/mol. The average molecular weight is 291 g/mol. The third-order valence-electron chi connectivity index (χ3n) is 3.69. The molecule has 1 heterocycles. The molecule has 0 bridgehead atoms. The maximum Gasteiger partial charge on any atom is 0.341 e. The molecule has 1 fully saturated rings. The summed E-state index contributed by atoms with van der Waals surface area (Å²) in [4.78, 5) is 14.3. The van der Waals surface area contributed by atoms with Gasteiger partial charge in [0.05, 0.1) is 13.2 Å². The third kappa shape index (κ3) is 4.13. The van der Waals surface area contributed by atoms with Gasteiger partial charge in [-0.25, -0.2) is 4.79 Å². The summed E-state index contributed by atoms with van der Waals surface area (Å²) in [6.45, 7) is 7.10. The molecule has 1 saturated heterocycles. The minimum absolute atomic E-state index is 0.308. The van der Waals surface area contributed by atoms with Crippen LogP contribution < -0.4 is 9.64 Å². The van der Waals surface area contributed by atoms with Crippen molar-refractivity contribution >= 4 is 11.7 Å². The van der Waals surface area contributed by atoms with Crippen molar-refractivity contribution < 1.29 is 14.3 Å². The smallest absolute Gasteiger partial charge is 0.341 e. The van der Waals surface area contributed by atoms with Gasteiger partial charge in [-0.1, -0.05) is 13.3 Å². The molecule has 4 heteroatoms. The quantitative estimate of drug-likeness (QED) is 0.568. The van der Waals surface area contributed by atoms with Crippen LogP contribution in [0.5, 0.6) is 5.75 Å². The van der Waals surface area contributed by atoms with Crippen molar-refractivity contribution in [2.75, 3.05) is 31.2 Å². The van der Waals surface area contributed by atoms with Gasteiger partial charge in [0.1, 0.15) is 11.3 Å². The molecule has 0 spiro atoms. The topological polar surface area (TPSA) is 38.8 Å². The number of ether oxygens (including phenoxy) is 2. The van der Waals surface area contributed by atoms with Crippen LogP contribution in [0.3, 0.4) is 0 Å². The zero-order valence-electron chi connectivity index (χ0n) is 13.1. The summed E-state index contributed by atoms with van der Waals surface area (Å²) < 4.78 is 10.9. The Morgan fingerprint density at radius 3 is 2.67 bits per heavy atom. The van der Waals surface area contributed by atoms with Crippen LogP contribution in [-0.4, -0.2) is 32.3 Å². The second-order valence-corrected chi connectivity index (χ2v) is 5.30. The number of hydrogen-bond donors (Lipinski definition) is 0. The first kappa shape index (κ1) is 15.7. The van der Waals surface area contributed by atoms with Crippen LogP contribution in [0, 0.1) is 0 Å². The fourth-order valence-electron chi connectivity index (χ4n) is 2.51. The van der Waals surface area contributed by atoms with Crippen LogP contribution >= 0.6 is 0 Å². The van der Waals surface area contributed by atoms with Crippen molar-refractivity contribution in [1.29, 1.82) is 0 Å². The van der Waals surface area contributed by atoms with E-state index in [1.807, 2.05) is 25.1 Å². The lowest BCUT2D eigenvalue weighted by atomic mass is 10.1. The predicted octanol–water partition coefficient (Wildman–Crippen LogP) is 3.64. The monoisotopic (exact) mass is 291 g/mol. The van der Waals surface area contributed by atoms with E-state index in [4.69, 9.17) is 9.47 Å². The van der Waals surface area contributed by atoms with Gasteiger partial charge in [-0.05, 0) is 38.3 Å². The summed E-state index contributed by atoms with van der Waals surface area (Å²) in [5.74, 6) is 0.336. The van der Waals surface area contributed by atoms with Gasteiger partial charge >= 0.3 is 5.97 Å². The molecule has 0 aliphatic carbocycles. The minimum atomic E-state index is -0.308. The number of carbonyl (C=O) groups excluding carboxylic acids is 1. The fraction of sp³-hybridized carbons (Fsp3) is 0.588. The highest BCUT2D eigenvalue weighted by molar-refractivity contribution is 5.93. The van der Waals surface area contributed by atoms with Crippen molar-refractivity contribution in [2.24, 2.45) is 0 Å². The number of benzene rings is 1. The molecular formula is C17H25NO3. The third-order valence-corrected chi connectivity index (χ3v) is 3.69. The standard InChI is InChI=1S/C17H25NO3/c1-3-5-12-21-16-13-14(18-10-6-7-11-18)8-9-15(16)17(19)20-4-2/h8-9,13H,3-7,10-12H2,1-2H3. The minimum Gasteiger partial charge on any atom is -0.493 e. The highest BCUT2D eigenvalue weighted by Crippen LogP contribution is 2.29. The number of unbranched alkanes of at least 4 members (excludes halogenated alkanes) is 1. The maximum absolute atomic E-state index is 12.0. The average Bonchev–Trinajstić information content (AvgIpc) is 3.02. The van der Waals surface area contributed by atoms with Crippen molar-refractivity contribution in [1.82, 2.24) is 0 Å². The number of esters is 1. The molecule has 116 valence electrons. The van der Waals surface area contributed by atoms with E-state index >= 15 is 0 Å². The Labute approximate surface area is 127 Å². The van der Waals surface area contributed by atoms with Gasteiger partial charge in [0.15, 0.2) is 0 Å². The van der Waals surface area contributed by atoms with Gasteiger partial charge in [0.25, 0.3) is 0 Å². The molecule has 0 atom stereocenters. The summed E-state index contributed by atoms with van der Waals surface area (Å²) in [6.07, 6.45) is 4.51. The first-order chi connectivity index (χ1) is 10.3. The van der Waals surface area contributed by atoms with E-state index in [1.165, 1.54) is 12.8 Å². The highest BCUT2D eigenvalue weighted by Gasteiger charge is 2.18. The Morgan fingerprint density at radius 1 is 1.24 bits per heavy atom. The van der Waals surface area contributed by atoms with Crippen LogP contribution in [0.4, 0.5) is 5.69 Å². The number of carbonyl (C=O) groups is 1. The molecule has 1 aromatic rings. The normalized spacial score (nSPS) is 14.3. The molecule has 0 radical (unpaired) electrons. The molecule has 2 rings (SSSR count). The van der Waals surface area contributed by atoms with Crippen LogP contribution in [0.1, 0.15) is 49.9 Å². The molecule has 1 aliphatic heterocycles. The van der Waals surface area contributed by atoms with Crippen molar-refractivity contribution in [3.63, 3.8) is 0 Å². The first-order valence-corrected chi connectivity index (χ1v) is 7.95. The molecule has 4 nitrogen and oxygen atoms in total. The van der Waals surface area contributed by atoms with E-state index in [2.05, 4.69) is 11.8 Å². The number of nitrogens with zero attached hydrogens (tertiary/aromatic N) is 1. The van der Waals surface area contributed by atoms with Crippen LogP contribution in [-0.2, 0) is 4.74 Å². The zero-order chi connectivity index (χ0) is 15.1. The Balaban J connectivity index is 2.19. The van der Waals surface area contributed by atoms with E-state index in [0.717, 1.165) is 31.6 Å². The predicted molar refractivity (Wildman–Crippen MR) is 84.2 cm³/mol. The lowest BCUT2D eigenvalue weighted by Crippen LogP contribution is -2.18. The lowest BCUT2D eigenvalue weighted by molar-refractivity contribution is 0.0521. The summed E-state index contributed by atoms with van der Waals surface area (Å²) in [5.41, 5.74) is 1.66. The highest BCUT2D eigenvalue weighted by atomic mass is 16.5. The maximum atomic E-state index is 12.0. The summed E-state index contributed by atoms with van der Waals surface area (Å²) >= 11 is 0. The Hall–Kier alpha value is -1.71. The van der Waals surface area contributed by atoms with Gasteiger partial charge in [0.2, 0.25) is 0 Å². The first-order valence-electron chi connectivity index (χ1n) is 7.95. The Morgan fingerprint density at radius 2 is 2.00 bits per heavy atom. The van der Waals surface area contributed by atoms with E-state index in [0.29, 0.717) is 24.5 Å². The molecule has 0 unspecified atom stereocenters. The summed E-state index contributed by atoms with van der Waals surface area (Å²) in [7, 11) is 0. The van der Waals surface area contributed by atoms with Crippen molar-refractivity contribution in [3.05, 3.63) is 23.8 Å². The van der Waals surface area contributed by atoms with Gasteiger partial charge in [-0.15, -0.1) is 0 Å². The number of hydrogen-bond acceptors (Lipinski definition) is 4. The fourth-order valence-corrected chi connectivity index (χ4v) is 2.51. The largest absolute Gasteiger partial charge is 0.493 e. The Bertz CT molecular complexity index is 467. The molecule has 0 saturated carbocycles. The number of anilines is 1. The SMILES string of the molecule is CCCCOc1cc(N2CCCC2)ccc1C(=O)OCC. The number of rotatable bonds is 7. The lowest BCUT2D eigenvalue weighted by Gasteiger charge is -2.20. The molecule has 21 heavy (non-hydrogen) atoms. The molecule has 1 aromatic carbocycles.